The normalized spacial score (nSPS) is 20.8. The lowest BCUT2D eigenvalue weighted by atomic mass is 10.1. The maximum atomic E-state index is 4.41. The molecule has 2 heterocycles. The number of anilines is 1. The molecule has 1 atom stereocenters. The van der Waals surface area contributed by atoms with Crippen LogP contribution in [-0.2, 0) is 6.54 Å². The van der Waals surface area contributed by atoms with E-state index in [1.54, 1.807) is 0 Å². The fourth-order valence-corrected chi connectivity index (χ4v) is 2.55. The van der Waals surface area contributed by atoms with E-state index in [0.29, 0.717) is 5.92 Å². The molecule has 2 rings (SSSR count). The van der Waals surface area contributed by atoms with Crippen LogP contribution in [0.4, 0.5) is 5.95 Å². The summed E-state index contributed by atoms with van der Waals surface area (Å²) < 4.78 is 2.27. The number of nitrogens with zero attached hydrogens (tertiary/aromatic N) is 3. The second-order valence-corrected chi connectivity index (χ2v) is 5.73. The van der Waals surface area contributed by atoms with Gasteiger partial charge in [0.2, 0.25) is 5.95 Å². The van der Waals surface area contributed by atoms with Gasteiger partial charge in [0.25, 0.3) is 0 Å². The van der Waals surface area contributed by atoms with Crippen LogP contribution >= 0.6 is 0 Å². The summed E-state index contributed by atoms with van der Waals surface area (Å²) in [6, 6.07) is 0. The van der Waals surface area contributed by atoms with E-state index in [-0.39, 0.29) is 0 Å². The summed E-state index contributed by atoms with van der Waals surface area (Å²) in [5.74, 6) is 2.45. The van der Waals surface area contributed by atoms with Crippen molar-refractivity contribution in [1.29, 1.82) is 0 Å². The SMILES string of the molecule is CCN1CCC(Cn2ccnc2NCC(C)C)C1. The lowest BCUT2D eigenvalue weighted by molar-refractivity contribution is 0.333. The van der Waals surface area contributed by atoms with Crippen molar-refractivity contribution in [3.8, 4) is 0 Å². The first-order valence-corrected chi connectivity index (χ1v) is 7.16. The highest BCUT2D eigenvalue weighted by molar-refractivity contribution is 5.25. The van der Waals surface area contributed by atoms with E-state index >= 15 is 0 Å². The molecule has 1 aromatic heterocycles. The minimum Gasteiger partial charge on any atom is -0.355 e. The van der Waals surface area contributed by atoms with Crippen molar-refractivity contribution in [2.75, 3.05) is 31.5 Å². The summed E-state index contributed by atoms with van der Waals surface area (Å²) in [4.78, 5) is 6.94. The van der Waals surface area contributed by atoms with E-state index < -0.39 is 0 Å². The number of nitrogens with one attached hydrogen (secondary N) is 1. The zero-order valence-corrected chi connectivity index (χ0v) is 11.9. The van der Waals surface area contributed by atoms with Crippen molar-refractivity contribution >= 4 is 5.95 Å². The first-order chi connectivity index (χ1) is 8.69. The summed E-state index contributed by atoms with van der Waals surface area (Å²) in [5.41, 5.74) is 0. The summed E-state index contributed by atoms with van der Waals surface area (Å²) in [6.45, 7) is 12.4. The Bertz CT molecular complexity index is 358. The highest BCUT2D eigenvalue weighted by Crippen LogP contribution is 2.19. The van der Waals surface area contributed by atoms with Gasteiger partial charge in [-0.2, -0.15) is 0 Å². The Kier molecular flexibility index (Phi) is 4.64. The number of rotatable bonds is 6. The van der Waals surface area contributed by atoms with Crippen molar-refractivity contribution in [1.82, 2.24) is 14.5 Å². The Morgan fingerprint density at radius 2 is 2.33 bits per heavy atom. The molecule has 0 aromatic carbocycles. The van der Waals surface area contributed by atoms with E-state index in [1.807, 2.05) is 6.20 Å². The lowest BCUT2D eigenvalue weighted by Gasteiger charge is -2.16. The molecule has 0 amide bonds. The summed E-state index contributed by atoms with van der Waals surface area (Å²) >= 11 is 0. The molecule has 18 heavy (non-hydrogen) atoms. The molecular formula is C14H26N4. The molecule has 0 saturated carbocycles. The van der Waals surface area contributed by atoms with Crippen LogP contribution in [-0.4, -0.2) is 40.6 Å². The molecule has 0 radical (unpaired) electrons. The molecule has 4 nitrogen and oxygen atoms in total. The zero-order valence-electron chi connectivity index (χ0n) is 11.9. The molecule has 1 aromatic rings. The van der Waals surface area contributed by atoms with Gasteiger partial charge in [-0.1, -0.05) is 20.8 Å². The number of hydrogen-bond donors (Lipinski definition) is 1. The molecule has 1 fully saturated rings. The Labute approximate surface area is 110 Å². The molecule has 4 heteroatoms. The molecule has 0 spiro atoms. The van der Waals surface area contributed by atoms with Gasteiger partial charge in [0.1, 0.15) is 0 Å². The van der Waals surface area contributed by atoms with Crippen LogP contribution in [0.15, 0.2) is 12.4 Å². The van der Waals surface area contributed by atoms with Gasteiger partial charge >= 0.3 is 0 Å². The fourth-order valence-electron chi connectivity index (χ4n) is 2.55. The predicted octanol–water partition coefficient (Wildman–Crippen LogP) is 2.29. The minimum atomic E-state index is 0.650. The molecule has 102 valence electrons. The third-order valence-electron chi connectivity index (χ3n) is 3.66. The number of likely N-dealkylation sites (tertiary alicyclic amines) is 1. The Morgan fingerprint density at radius 1 is 1.50 bits per heavy atom. The van der Waals surface area contributed by atoms with Crippen LogP contribution in [0.3, 0.4) is 0 Å². The smallest absolute Gasteiger partial charge is 0.202 e. The number of imidazole rings is 1. The zero-order chi connectivity index (χ0) is 13.0. The van der Waals surface area contributed by atoms with Crippen LogP contribution in [0.5, 0.6) is 0 Å². The average Bonchev–Trinajstić information content (AvgIpc) is 2.96. The first kappa shape index (κ1) is 13.4. The van der Waals surface area contributed by atoms with Gasteiger partial charge in [-0.25, -0.2) is 4.98 Å². The Morgan fingerprint density at radius 3 is 3.00 bits per heavy atom. The number of aromatic nitrogens is 2. The van der Waals surface area contributed by atoms with Crippen molar-refractivity contribution in [2.45, 2.75) is 33.7 Å². The predicted molar refractivity (Wildman–Crippen MR) is 75.8 cm³/mol. The number of hydrogen-bond acceptors (Lipinski definition) is 3. The van der Waals surface area contributed by atoms with E-state index in [1.165, 1.54) is 26.1 Å². The largest absolute Gasteiger partial charge is 0.355 e. The van der Waals surface area contributed by atoms with Gasteiger partial charge in [-0.3, -0.25) is 0 Å². The van der Waals surface area contributed by atoms with Crippen molar-refractivity contribution in [3.05, 3.63) is 12.4 Å². The van der Waals surface area contributed by atoms with E-state index in [2.05, 4.69) is 46.7 Å². The second kappa shape index (κ2) is 6.23. The van der Waals surface area contributed by atoms with Gasteiger partial charge in [-0.15, -0.1) is 0 Å². The standard InChI is InChI=1S/C14H26N4/c1-4-17-7-5-13(10-17)11-18-8-6-15-14(18)16-9-12(2)3/h6,8,12-13H,4-5,7,9-11H2,1-3H3,(H,15,16). The van der Waals surface area contributed by atoms with Crippen LogP contribution in [0.25, 0.3) is 0 Å². The van der Waals surface area contributed by atoms with E-state index in [9.17, 15) is 0 Å². The van der Waals surface area contributed by atoms with E-state index in [4.69, 9.17) is 0 Å². The summed E-state index contributed by atoms with van der Waals surface area (Å²) in [6.07, 6.45) is 5.31. The molecule has 0 aliphatic carbocycles. The molecular weight excluding hydrogens is 224 g/mol. The Balaban J connectivity index is 1.87. The fraction of sp³-hybridized carbons (Fsp3) is 0.786. The van der Waals surface area contributed by atoms with Crippen LogP contribution in [0.1, 0.15) is 27.2 Å². The van der Waals surface area contributed by atoms with Crippen LogP contribution in [0.2, 0.25) is 0 Å². The summed E-state index contributed by atoms with van der Waals surface area (Å²) in [5, 5.41) is 3.43. The van der Waals surface area contributed by atoms with Gasteiger partial charge < -0.3 is 14.8 Å². The molecule has 1 N–H and O–H groups in total. The van der Waals surface area contributed by atoms with Crippen LogP contribution < -0.4 is 5.32 Å². The maximum Gasteiger partial charge on any atom is 0.202 e. The maximum absolute atomic E-state index is 4.41. The van der Waals surface area contributed by atoms with Crippen molar-refractivity contribution in [2.24, 2.45) is 11.8 Å². The third kappa shape index (κ3) is 3.48. The molecule has 0 bridgehead atoms. The van der Waals surface area contributed by atoms with Gasteiger partial charge in [-0.05, 0) is 31.3 Å². The molecule has 1 aliphatic heterocycles. The van der Waals surface area contributed by atoms with Crippen molar-refractivity contribution < 1.29 is 0 Å². The topological polar surface area (TPSA) is 33.1 Å². The molecule has 1 aliphatic rings. The van der Waals surface area contributed by atoms with Gasteiger partial charge in [0.05, 0.1) is 0 Å². The molecule has 1 saturated heterocycles. The van der Waals surface area contributed by atoms with Gasteiger partial charge in [0.15, 0.2) is 0 Å². The molecule has 1 unspecified atom stereocenters. The van der Waals surface area contributed by atoms with Crippen molar-refractivity contribution in [3.63, 3.8) is 0 Å². The minimum absolute atomic E-state index is 0.650. The van der Waals surface area contributed by atoms with Gasteiger partial charge in [0, 0.05) is 32.0 Å². The first-order valence-electron chi connectivity index (χ1n) is 7.16. The second-order valence-electron chi connectivity index (χ2n) is 5.73. The summed E-state index contributed by atoms with van der Waals surface area (Å²) in [7, 11) is 0. The van der Waals surface area contributed by atoms with E-state index in [0.717, 1.165) is 25.0 Å². The monoisotopic (exact) mass is 250 g/mol. The Hall–Kier alpha value is -1.03. The highest BCUT2D eigenvalue weighted by Gasteiger charge is 2.22. The highest BCUT2D eigenvalue weighted by atomic mass is 15.2. The average molecular weight is 250 g/mol. The lowest BCUT2D eigenvalue weighted by Crippen LogP contribution is -2.22. The quantitative estimate of drug-likeness (QED) is 0.841. The van der Waals surface area contributed by atoms with Crippen LogP contribution in [0, 0.1) is 11.8 Å². The third-order valence-corrected chi connectivity index (χ3v) is 3.66.